The van der Waals surface area contributed by atoms with E-state index in [2.05, 4.69) is 10.6 Å². The highest BCUT2D eigenvalue weighted by molar-refractivity contribution is 8.00. The van der Waals surface area contributed by atoms with Gasteiger partial charge in [-0.25, -0.2) is 0 Å². The number of amides is 4. The highest BCUT2D eigenvalue weighted by atomic mass is 32.2. The Bertz CT molecular complexity index is 796. The summed E-state index contributed by atoms with van der Waals surface area (Å²) in [6, 6.07) is -2.68. The first-order valence-corrected chi connectivity index (χ1v) is 14.2. The fraction of sp³-hybridized carbons (Fsp3) is 0.769. The number of rotatable bonds is 18. The molecule has 0 radical (unpaired) electrons. The van der Waals surface area contributed by atoms with Gasteiger partial charge in [0.05, 0.1) is 6.10 Å². The summed E-state index contributed by atoms with van der Waals surface area (Å²) in [6.07, 6.45) is 4.08. The summed E-state index contributed by atoms with van der Waals surface area (Å²) < 4.78 is 0. The van der Waals surface area contributed by atoms with Crippen LogP contribution in [0.3, 0.4) is 0 Å². The molecule has 6 atom stereocenters. The van der Waals surface area contributed by atoms with Crippen molar-refractivity contribution in [2.75, 3.05) is 33.4 Å². The van der Waals surface area contributed by atoms with Crippen LogP contribution in [0.1, 0.15) is 53.9 Å². The van der Waals surface area contributed by atoms with Gasteiger partial charge >= 0.3 is 0 Å². The zero-order chi connectivity index (χ0) is 29.6. The predicted octanol–water partition coefficient (Wildman–Crippen LogP) is 0.267. The second kappa shape index (κ2) is 18.2. The quantitative estimate of drug-likeness (QED) is 0.118. The molecule has 38 heavy (non-hydrogen) atoms. The smallest absolute Gasteiger partial charge is 0.256 e. The number of nitrogens with one attached hydrogen (secondary N) is 2. The summed E-state index contributed by atoms with van der Waals surface area (Å²) in [4.78, 5) is 54.7. The number of aliphatic hydroxyl groups is 1. The third-order valence-electron chi connectivity index (χ3n) is 6.43. The van der Waals surface area contributed by atoms with E-state index in [0.29, 0.717) is 18.6 Å². The molecule has 220 valence electrons. The Morgan fingerprint density at radius 3 is 2.13 bits per heavy atom. The molecule has 0 aliphatic carbocycles. The molecular weight excluding hydrogens is 508 g/mol. The zero-order valence-corrected chi connectivity index (χ0v) is 25.1. The van der Waals surface area contributed by atoms with Crippen LogP contribution in [0.4, 0.5) is 0 Å². The minimum absolute atomic E-state index is 0.119. The van der Waals surface area contributed by atoms with E-state index in [1.165, 1.54) is 35.7 Å². The van der Waals surface area contributed by atoms with Gasteiger partial charge in [-0.3, -0.25) is 19.2 Å². The van der Waals surface area contributed by atoms with Crippen LogP contribution in [0.5, 0.6) is 0 Å². The summed E-state index contributed by atoms with van der Waals surface area (Å²) in [7, 11) is 4.56. The van der Waals surface area contributed by atoms with E-state index < -0.39 is 53.2 Å². The third kappa shape index (κ3) is 10.9. The molecule has 4 amide bonds. The standard InChI is InChI=1S/C26H50N6O5S/c1-9-11-12-17(5)21(33)20(29-6)23(35)30-18(10-2)24(36)32(8)26(38-14-13-27)25(37)31(7)19(22(28)34)15-16(3)4/h9,11,16-21,26,29,33H,10,12-15,27H2,1-8H3,(H2,28,34)(H,30,35)/b11-9+/t17-,18+,19+,20?,21-,26?/m1/s1. The van der Waals surface area contributed by atoms with Crippen LogP contribution < -0.4 is 22.1 Å². The minimum atomic E-state index is -0.976. The molecule has 0 saturated heterocycles. The molecule has 0 rings (SSSR count). The maximum atomic E-state index is 13.5. The number of aliphatic hydroxyl groups excluding tert-OH is 1. The lowest BCUT2D eigenvalue weighted by molar-refractivity contribution is -0.145. The Kier molecular flexibility index (Phi) is 17.2. The molecule has 0 aromatic rings. The minimum Gasteiger partial charge on any atom is -0.391 e. The number of hydrogen-bond acceptors (Lipinski definition) is 8. The van der Waals surface area contributed by atoms with Gasteiger partial charge in [-0.05, 0) is 45.1 Å². The summed E-state index contributed by atoms with van der Waals surface area (Å²) in [6.45, 7) is 9.61. The first-order chi connectivity index (χ1) is 17.8. The molecule has 0 aliphatic rings. The highest BCUT2D eigenvalue weighted by Crippen LogP contribution is 2.21. The van der Waals surface area contributed by atoms with Gasteiger partial charge in [0, 0.05) is 26.4 Å². The topological polar surface area (TPSA) is 171 Å². The largest absolute Gasteiger partial charge is 0.391 e. The van der Waals surface area contributed by atoms with Crippen molar-refractivity contribution in [3.05, 3.63) is 12.2 Å². The first-order valence-electron chi connectivity index (χ1n) is 13.2. The second-order valence-electron chi connectivity index (χ2n) is 9.97. The third-order valence-corrected chi connectivity index (χ3v) is 7.73. The van der Waals surface area contributed by atoms with Crippen molar-refractivity contribution in [1.82, 2.24) is 20.4 Å². The van der Waals surface area contributed by atoms with E-state index in [0.717, 1.165) is 0 Å². The lowest BCUT2D eigenvalue weighted by Gasteiger charge is -2.35. The fourth-order valence-electron chi connectivity index (χ4n) is 4.00. The van der Waals surface area contributed by atoms with Crippen LogP contribution >= 0.6 is 11.8 Å². The summed E-state index contributed by atoms with van der Waals surface area (Å²) in [5.41, 5.74) is 11.3. The van der Waals surface area contributed by atoms with E-state index in [-0.39, 0.29) is 24.8 Å². The van der Waals surface area contributed by atoms with Crippen LogP contribution in [-0.4, -0.2) is 102 Å². The predicted molar refractivity (Wildman–Crippen MR) is 153 cm³/mol. The van der Waals surface area contributed by atoms with Gasteiger partial charge in [-0.1, -0.05) is 39.8 Å². The Balaban J connectivity index is 5.81. The summed E-state index contributed by atoms with van der Waals surface area (Å²) in [5.74, 6) is -1.73. The zero-order valence-electron chi connectivity index (χ0n) is 24.3. The van der Waals surface area contributed by atoms with Gasteiger partial charge in [0.15, 0.2) is 5.37 Å². The van der Waals surface area contributed by atoms with Crippen molar-refractivity contribution >= 4 is 35.4 Å². The molecule has 7 N–H and O–H groups in total. The second-order valence-corrected chi connectivity index (χ2v) is 11.2. The van der Waals surface area contributed by atoms with Crippen LogP contribution in [0, 0.1) is 11.8 Å². The number of likely N-dealkylation sites (N-methyl/N-ethyl adjacent to an activating group) is 3. The van der Waals surface area contributed by atoms with Crippen LogP contribution in [0.15, 0.2) is 12.2 Å². The number of nitrogens with zero attached hydrogens (tertiary/aromatic N) is 2. The van der Waals surface area contributed by atoms with E-state index in [1.807, 2.05) is 39.8 Å². The van der Waals surface area contributed by atoms with Gasteiger partial charge in [0.1, 0.15) is 18.1 Å². The molecule has 0 bridgehead atoms. The molecule has 0 fully saturated rings. The van der Waals surface area contributed by atoms with Crippen LogP contribution in [-0.2, 0) is 19.2 Å². The van der Waals surface area contributed by atoms with Crippen molar-refractivity contribution in [2.24, 2.45) is 23.3 Å². The van der Waals surface area contributed by atoms with E-state index in [4.69, 9.17) is 11.5 Å². The Morgan fingerprint density at radius 1 is 1.08 bits per heavy atom. The monoisotopic (exact) mass is 558 g/mol. The van der Waals surface area contributed by atoms with Crippen molar-refractivity contribution in [3.63, 3.8) is 0 Å². The van der Waals surface area contributed by atoms with E-state index in [9.17, 15) is 24.3 Å². The number of hydrogen-bond donors (Lipinski definition) is 5. The van der Waals surface area contributed by atoms with Crippen molar-refractivity contribution in [1.29, 1.82) is 0 Å². The van der Waals surface area contributed by atoms with E-state index in [1.54, 1.807) is 14.0 Å². The molecule has 0 heterocycles. The summed E-state index contributed by atoms with van der Waals surface area (Å²) >= 11 is 1.18. The average molecular weight is 559 g/mol. The Labute approximate surface area is 232 Å². The van der Waals surface area contributed by atoms with Crippen molar-refractivity contribution in [2.45, 2.75) is 83.5 Å². The number of nitrogens with two attached hydrogens (primary N) is 2. The van der Waals surface area contributed by atoms with Gasteiger partial charge in [-0.15, -0.1) is 11.8 Å². The lowest BCUT2D eigenvalue weighted by Crippen LogP contribution is -2.59. The van der Waals surface area contributed by atoms with Crippen molar-refractivity contribution in [3.8, 4) is 0 Å². The number of primary amides is 1. The first kappa shape index (κ1) is 35.9. The fourth-order valence-corrected chi connectivity index (χ4v) is 5.00. The lowest BCUT2D eigenvalue weighted by atomic mass is 9.94. The highest BCUT2D eigenvalue weighted by Gasteiger charge is 2.37. The molecule has 0 spiro atoms. The maximum absolute atomic E-state index is 13.5. The van der Waals surface area contributed by atoms with Gasteiger partial charge in [0.25, 0.3) is 5.91 Å². The molecule has 2 unspecified atom stereocenters. The molecule has 0 aliphatic heterocycles. The maximum Gasteiger partial charge on any atom is 0.256 e. The Morgan fingerprint density at radius 2 is 1.68 bits per heavy atom. The number of carbonyl (C=O) groups is 4. The van der Waals surface area contributed by atoms with Crippen LogP contribution in [0.2, 0.25) is 0 Å². The molecule has 0 aromatic carbocycles. The normalized spacial score (nSPS) is 16.4. The van der Waals surface area contributed by atoms with E-state index >= 15 is 0 Å². The average Bonchev–Trinajstić information content (AvgIpc) is 2.87. The number of thioether (sulfide) groups is 1. The van der Waals surface area contributed by atoms with Crippen molar-refractivity contribution < 1.29 is 24.3 Å². The van der Waals surface area contributed by atoms with Gasteiger partial charge < -0.3 is 37.0 Å². The van der Waals surface area contributed by atoms with Gasteiger partial charge in [0.2, 0.25) is 17.7 Å². The Hall–Kier alpha value is -2.15. The number of carbonyl (C=O) groups excluding carboxylic acids is 4. The number of allylic oxidation sites excluding steroid dienone is 2. The molecule has 0 saturated carbocycles. The summed E-state index contributed by atoms with van der Waals surface area (Å²) in [5, 5.41) is 15.3. The SMILES string of the molecule is C/C=C/C[C@@H](C)[C@@H](O)C(NC)C(=O)N[C@@H](CC)C(=O)N(C)C(SCCN)C(=O)N(C)[C@@H](CC(C)C)C(N)=O. The van der Waals surface area contributed by atoms with Crippen LogP contribution in [0.25, 0.3) is 0 Å². The molecular formula is C26H50N6O5S. The van der Waals surface area contributed by atoms with Gasteiger partial charge in [-0.2, -0.15) is 0 Å². The molecule has 0 aromatic heterocycles. The molecule has 11 nitrogen and oxygen atoms in total. The molecule has 12 heteroatoms.